The molecule has 1 aromatic carbocycles. The van der Waals surface area contributed by atoms with Gasteiger partial charge in [0, 0.05) is 18.3 Å². The molecule has 1 aromatic heterocycles. The highest BCUT2D eigenvalue weighted by atomic mass is 16.5. The summed E-state index contributed by atoms with van der Waals surface area (Å²) in [7, 11) is 1.85. The summed E-state index contributed by atoms with van der Waals surface area (Å²) in [5.74, 6) is 0.787. The summed E-state index contributed by atoms with van der Waals surface area (Å²) in [6, 6.07) is 5.48. The summed E-state index contributed by atoms with van der Waals surface area (Å²) in [6.45, 7) is 3.91. The number of hydrogen-bond donors (Lipinski definition) is 2. The lowest BCUT2D eigenvalue weighted by Gasteiger charge is -2.07. The van der Waals surface area contributed by atoms with Crippen LogP contribution in [0, 0.1) is 13.8 Å². The number of rotatable bonds is 4. The van der Waals surface area contributed by atoms with E-state index in [1.54, 1.807) is 13.0 Å². The second kappa shape index (κ2) is 5.51. The molecule has 0 aliphatic carbocycles. The maximum atomic E-state index is 12.0. The third kappa shape index (κ3) is 3.09. The van der Waals surface area contributed by atoms with Crippen molar-refractivity contribution in [2.24, 2.45) is 0 Å². The number of amides is 1. The summed E-state index contributed by atoms with van der Waals surface area (Å²) in [4.78, 5) is 16.0. The van der Waals surface area contributed by atoms with Crippen molar-refractivity contribution in [1.82, 2.24) is 15.5 Å². The van der Waals surface area contributed by atoms with Crippen LogP contribution in [0.3, 0.4) is 0 Å². The summed E-state index contributed by atoms with van der Waals surface area (Å²) in [5.41, 5.74) is 2.63. The molecule has 0 spiro atoms. The lowest BCUT2D eigenvalue weighted by Crippen LogP contribution is -2.23. The number of anilines is 1. The summed E-state index contributed by atoms with van der Waals surface area (Å²) in [5, 5.41) is 9.45. The monoisotopic (exact) mass is 260 g/mol. The van der Waals surface area contributed by atoms with Crippen molar-refractivity contribution in [3.63, 3.8) is 0 Å². The first kappa shape index (κ1) is 13.1. The van der Waals surface area contributed by atoms with Gasteiger partial charge in [-0.1, -0.05) is 5.16 Å². The lowest BCUT2D eigenvalue weighted by atomic mass is 10.1. The first-order chi connectivity index (χ1) is 9.10. The molecule has 0 saturated heterocycles. The van der Waals surface area contributed by atoms with Crippen LogP contribution in [0.5, 0.6) is 0 Å². The van der Waals surface area contributed by atoms with Gasteiger partial charge in [0.15, 0.2) is 5.82 Å². The van der Waals surface area contributed by atoms with Gasteiger partial charge in [-0.15, -0.1) is 0 Å². The molecule has 19 heavy (non-hydrogen) atoms. The highest BCUT2D eigenvalue weighted by Crippen LogP contribution is 2.15. The molecule has 0 unspecified atom stereocenters. The minimum absolute atomic E-state index is 0.165. The van der Waals surface area contributed by atoms with Crippen LogP contribution in [0.25, 0.3) is 0 Å². The highest BCUT2D eigenvalue weighted by Gasteiger charge is 2.09. The van der Waals surface area contributed by atoms with Crippen LogP contribution in [-0.4, -0.2) is 23.1 Å². The SMILES string of the molecule is CNc1ccc(C(=O)NCc2nc(C)no2)cc1C. The molecule has 2 N–H and O–H groups in total. The molecule has 100 valence electrons. The average Bonchev–Trinajstić information content (AvgIpc) is 2.81. The van der Waals surface area contributed by atoms with E-state index in [4.69, 9.17) is 4.52 Å². The largest absolute Gasteiger partial charge is 0.388 e. The maximum absolute atomic E-state index is 12.0. The molecular weight excluding hydrogens is 244 g/mol. The van der Waals surface area contributed by atoms with E-state index in [2.05, 4.69) is 20.8 Å². The van der Waals surface area contributed by atoms with Crippen molar-refractivity contribution in [3.05, 3.63) is 41.0 Å². The lowest BCUT2D eigenvalue weighted by molar-refractivity contribution is 0.0946. The predicted octanol–water partition coefficient (Wildman–Crippen LogP) is 1.66. The fourth-order valence-corrected chi connectivity index (χ4v) is 1.76. The third-order valence-electron chi connectivity index (χ3n) is 2.73. The number of nitrogens with one attached hydrogen (secondary N) is 2. The molecule has 0 aliphatic heterocycles. The Kier molecular flexibility index (Phi) is 3.79. The van der Waals surface area contributed by atoms with Crippen molar-refractivity contribution in [1.29, 1.82) is 0 Å². The van der Waals surface area contributed by atoms with Gasteiger partial charge in [-0.05, 0) is 37.6 Å². The molecule has 1 heterocycles. The number of carbonyl (C=O) groups is 1. The van der Waals surface area contributed by atoms with Crippen LogP contribution in [0.1, 0.15) is 27.6 Å². The number of aromatic nitrogens is 2. The zero-order chi connectivity index (χ0) is 13.8. The van der Waals surface area contributed by atoms with E-state index in [-0.39, 0.29) is 12.5 Å². The number of aryl methyl sites for hydroxylation is 2. The van der Waals surface area contributed by atoms with Gasteiger partial charge in [-0.3, -0.25) is 4.79 Å². The molecule has 0 radical (unpaired) electrons. The Labute approximate surface area is 111 Å². The van der Waals surface area contributed by atoms with Crippen molar-refractivity contribution in [2.75, 3.05) is 12.4 Å². The van der Waals surface area contributed by atoms with Gasteiger partial charge < -0.3 is 15.2 Å². The van der Waals surface area contributed by atoms with Crippen LogP contribution in [-0.2, 0) is 6.54 Å². The molecule has 0 fully saturated rings. The topological polar surface area (TPSA) is 80.0 Å². The van der Waals surface area contributed by atoms with E-state index in [1.165, 1.54) is 0 Å². The summed E-state index contributed by atoms with van der Waals surface area (Å²) in [6.07, 6.45) is 0. The van der Waals surface area contributed by atoms with Gasteiger partial charge in [0.2, 0.25) is 5.89 Å². The first-order valence-electron chi connectivity index (χ1n) is 5.96. The zero-order valence-electron chi connectivity index (χ0n) is 11.2. The molecule has 0 saturated carbocycles. The third-order valence-corrected chi connectivity index (χ3v) is 2.73. The Morgan fingerprint density at radius 1 is 1.37 bits per heavy atom. The number of carbonyl (C=O) groups excluding carboxylic acids is 1. The fraction of sp³-hybridized carbons (Fsp3) is 0.308. The van der Waals surface area contributed by atoms with Gasteiger partial charge in [-0.25, -0.2) is 0 Å². The highest BCUT2D eigenvalue weighted by molar-refractivity contribution is 5.94. The molecule has 0 bridgehead atoms. The minimum Gasteiger partial charge on any atom is -0.388 e. The molecule has 2 aromatic rings. The van der Waals surface area contributed by atoms with Crippen LogP contribution in [0.4, 0.5) is 5.69 Å². The van der Waals surface area contributed by atoms with Gasteiger partial charge in [0.1, 0.15) is 0 Å². The van der Waals surface area contributed by atoms with E-state index in [1.807, 2.05) is 26.1 Å². The van der Waals surface area contributed by atoms with Crippen LogP contribution >= 0.6 is 0 Å². The van der Waals surface area contributed by atoms with Gasteiger partial charge in [0.05, 0.1) is 6.54 Å². The van der Waals surface area contributed by atoms with Gasteiger partial charge in [-0.2, -0.15) is 4.98 Å². The molecule has 1 amide bonds. The van der Waals surface area contributed by atoms with E-state index >= 15 is 0 Å². The summed E-state index contributed by atoms with van der Waals surface area (Å²) >= 11 is 0. The van der Waals surface area contributed by atoms with Crippen LogP contribution in [0.2, 0.25) is 0 Å². The molecule has 0 aliphatic rings. The van der Waals surface area contributed by atoms with Gasteiger partial charge in [0.25, 0.3) is 5.91 Å². The zero-order valence-corrected chi connectivity index (χ0v) is 11.2. The normalized spacial score (nSPS) is 10.3. The Balaban J connectivity index is 2.01. The molecule has 0 atom stereocenters. The number of hydrogen-bond acceptors (Lipinski definition) is 5. The summed E-state index contributed by atoms with van der Waals surface area (Å²) < 4.78 is 4.92. The van der Waals surface area contributed by atoms with Crippen molar-refractivity contribution in [2.45, 2.75) is 20.4 Å². The van der Waals surface area contributed by atoms with E-state index in [0.29, 0.717) is 17.3 Å². The second-order valence-corrected chi connectivity index (χ2v) is 4.20. The Bertz CT molecular complexity index is 592. The minimum atomic E-state index is -0.165. The molecule has 2 rings (SSSR count). The quantitative estimate of drug-likeness (QED) is 0.873. The molecular formula is C13H16N4O2. The smallest absolute Gasteiger partial charge is 0.251 e. The Morgan fingerprint density at radius 2 is 2.16 bits per heavy atom. The van der Waals surface area contributed by atoms with Crippen LogP contribution in [0.15, 0.2) is 22.7 Å². The maximum Gasteiger partial charge on any atom is 0.251 e. The van der Waals surface area contributed by atoms with Crippen molar-refractivity contribution >= 4 is 11.6 Å². The van der Waals surface area contributed by atoms with Gasteiger partial charge >= 0.3 is 0 Å². The van der Waals surface area contributed by atoms with Crippen LogP contribution < -0.4 is 10.6 Å². The van der Waals surface area contributed by atoms with Crippen molar-refractivity contribution < 1.29 is 9.32 Å². The number of benzene rings is 1. The Morgan fingerprint density at radius 3 is 2.74 bits per heavy atom. The first-order valence-corrected chi connectivity index (χ1v) is 5.96. The Hall–Kier alpha value is -2.37. The van der Waals surface area contributed by atoms with Crippen molar-refractivity contribution in [3.8, 4) is 0 Å². The van der Waals surface area contributed by atoms with E-state index in [0.717, 1.165) is 11.3 Å². The standard InChI is InChI=1S/C13H16N4O2/c1-8-6-10(4-5-11(8)14-3)13(18)15-7-12-16-9(2)17-19-12/h4-6,14H,7H2,1-3H3,(H,15,18). The number of nitrogens with zero attached hydrogens (tertiary/aromatic N) is 2. The fourth-order valence-electron chi connectivity index (χ4n) is 1.76. The van der Waals surface area contributed by atoms with E-state index in [9.17, 15) is 4.79 Å². The predicted molar refractivity (Wildman–Crippen MR) is 70.9 cm³/mol. The average molecular weight is 260 g/mol. The molecule has 6 nitrogen and oxygen atoms in total. The second-order valence-electron chi connectivity index (χ2n) is 4.20. The molecule has 6 heteroatoms. The van der Waals surface area contributed by atoms with E-state index < -0.39 is 0 Å².